The van der Waals surface area contributed by atoms with Crippen LogP contribution in [0.5, 0.6) is 0 Å². The van der Waals surface area contributed by atoms with Gasteiger partial charge in [0.15, 0.2) is 0 Å². The molecule has 0 spiro atoms. The Morgan fingerprint density at radius 1 is 1.06 bits per heavy atom. The van der Waals surface area contributed by atoms with E-state index in [1.165, 1.54) is 13.1 Å². The van der Waals surface area contributed by atoms with Gasteiger partial charge in [0.25, 0.3) is 11.8 Å². The lowest BCUT2D eigenvalue weighted by Gasteiger charge is -2.33. The Bertz CT molecular complexity index is 928. The molecule has 0 atom stereocenters. The highest BCUT2D eigenvalue weighted by Gasteiger charge is 2.29. The van der Waals surface area contributed by atoms with E-state index in [1.807, 2.05) is 27.4 Å². The number of nitrogens with one attached hydrogen (secondary N) is 1. The number of carbonyl (C=O) groups excluding carboxylic acids is 3. The van der Waals surface area contributed by atoms with Crippen molar-refractivity contribution in [3.8, 4) is 0 Å². The highest BCUT2D eigenvalue weighted by atomic mass is 19.3. The Morgan fingerprint density at radius 3 is 2.14 bits per heavy atom. The fourth-order valence-corrected chi connectivity index (χ4v) is 3.39. The minimum Gasteiger partial charge on any atom is -0.333 e. The number of hydrogen-bond donors (Lipinski definition) is 2. The van der Waals surface area contributed by atoms with Crippen LogP contribution in [0.3, 0.4) is 0 Å². The SMILES string of the molecule is C=O.C=O.CN.Cc1cnc(NC(=O)c2ccc(CN3CCN(C)CC3)c(C(C)(F)F)c2)cc1C. The molecule has 2 aromatic rings. The first-order valence-electron chi connectivity index (χ1n) is 11.0. The van der Waals surface area contributed by atoms with Crippen LogP contribution in [0.1, 0.15) is 39.5 Å². The number of pyridine rings is 1. The Hall–Kier alpha value is -3.08. The lowest BCUT2D eigenvalue weighted by molar-refractivity contribution is -0.0987. The van der Waals surface area contributed by atoms with Crippen molar-refractivity contribution in [2.24, 2.45) is 5.73 Å². The number of aryl methyl sites for hydroxylation is 2. The molecule has 1 aromatic heterocycles. The second-order valence-corrected chi connectivity index (χ2v) is 7.95. The van der Waals surface area contributed by atoms with Crippen LogP contribution in [0.25, 0.3) is 0 Å². The van der Waals surface area contributed by atoms with Crippen LogP contribution in [-0.4, -0.2) is 74.5 Å². The van der Waals surface area contributed by atoms with Gasteiger partial charge >= 0.3 is 0 Å². The van der Waals surface area contributed by atoms with Gasteiger partial charge in [0, 0.05) is 57.0 Å². The van der Waals surface area contributed by atoms with Crippen LogP contribution in [0.4, 0.5) is 14.6 Å². The molecule has 194 valence electrons. The highest BCUT2D eigenvalue weighted by Crippen LogP contribution is 2.32. The number of likely N-dealkylation sites (N-methyl/N-ethyl adjacent to an activating group) is 1. The lowest BCUT2D eigenvalue weighted by atomic mass is 9.98. The summed E-state index contributed by atoms with van der Waals surface area (Å²) < 4.78 is 28.7. The molecule has 2 heterocycles. The highest BCUT2D eigenvalue weighted by molar-refractivity contribution is 6.04. The number of nitrogens with two attached hydrogens (primary N) is 1. The zero-order chi connectivity index (χ0) is 27.2. The molecule has 0 unspecified atom stereocenters. The number of benzene rings is 1. The maximum Gasteiger partial charge on any atom is 0.270 e. The van der Waals surface area contributed by atoms with Crippen LogP contribution in [-0.2, 0) is 22.1 Å². The number of amides is 1. The van der Waals surface area contributed by atoms with E-state index in [1.54, 1.807) is 24.4 Å². The topological polar surface area (TPSA) is 109 Å². The number of anilines is 1. The van der Waals surface area contributed by atoms with Crippen molar-refractivity contribution in [3.05, 3.63) is 58.3 Å². The molecular formula is C25H37F2N5O3. The van der Waals surface area contributed by atoms with Gasteiger partial charge in [-0.25, -0.2) is 13.8 Å². The third-order valence-corrected chi connectivity index (χ3v) is 5.45. The van der Waals surface area contributed by atoms with Gasteiger partial charge in [0.1, 0.15) is 19.4 Å². The summed E-state index contributed by atoms with van der Waals surface area (Å²) in [5.41, 5.74) is 7.17. The van der Waals surface area contributed by atoms with Crippen LogP contribution in [0.15, 0.2) is 30.5 Å². The van der Waals surface area contributed by atoms with Gasteiger partial charge in [-0.05, 0) is 62.8 Å². The Morgan fingerprint density at radius 2 is 1.63 bits per heavy atom. The van der Waals surface area contributed by atoms with Gasteiger partial charge in [-0.3, -0.25) is 9.69 Å². The van der Waals surface area contributed by atoms with Crippen molar-refractivity contribution in [3.63, 3.8) is 0 Å². The zero-order valence-electron chi connectivity index (χ0n) is 21.2. The van der Waals surface area contributed by atoms with Gasteiger partial charge in [-0.15, -0.1) is 0 Å². The number of carbonyl (C=O) groups is 3. The molecule has 0 saturated carbocycles. The number of nitrogens with zero attached hydrogens (tertiary/aromatic N) is 3. The van der Waals surface area contributed by atoms with Crippen molar-refractivity contribution < 1.29 is 23.2 Å². The lowest BCUT2D eigenvalue weighted by Crippen LogP contribution is -2.44. The molecule has 1 fully saturated rings. The average molecular weight is 494 g/mol. The molecule has 3 N–H and O–H groups in total. The van der Waals surface area contributed by atoms with Gasteiger partial charge in [-0.1, -0.05) is 6.07 Å². The summed E-state index contributed by atoms with van der Waals surface area (Å²) in [5.74, 6) is -3.07. The first-order chi connectivity index (χ1) is 16.6. The van der Waals surface area contributed by atoms with Crippen LogP contribution in [0.2, 0.25) is 0 Å². The standard InChI is InChI=1S/C22H28F2N4O.CH5N.2CH2O/c1-15-11-20(25-13-16(15)2)26-21(29)17-5-6-18(19(12-17)22(3,23)24)14-28-9-7-27(4)8-10-28;3*1-2/h5-6,11-13H,7-10,14H2,1-4H3,(H,25,26,29);2H2,1H3;2*1H2. The molecule has 0 aliphatic carbocycles. The van der Waals surface area contributed by atoms with Gasteiger partial charge in [-0.2, -0.15) is 0 Å². The molecular weight excluding hydrogens is 456 g/mol. The van der Waals surface area contributed by atoms with Gasteiger partial charge in [0.2, 0.25) is 0 Å². The largest absolute Gasteiger partial charge is 0.333 e. The molecule has 10 heteroatoms. The number of piperazine rings is 1. The molecule has 8 nitrogen and oxygen atoms in total. The number of halogens is 2. The summed E-state index contributed by atoms with van der Waals surface area (Å²) in [6.45, 7) is 12.7. The molecule has 1 saturated heterocycles. The van der Waals surface area contributed by atoms with Gasteiger partial charge < -0.3 is 25.5 Å². The fraction of sp³-hybridized carbons (Fsp3) is 0.440. The molecule has 35 heavy (non-hydrogen) atoms. The van der Waals surface area contributed by atoms with Crippen molar-refractivity contribution >= 4 is 25.3 Å². The number of aromatic nitrogens is 1. The summed E-state index contributed by atoms with van der Waals surface area (Å²) in [6, 6.07) is 6.33. The first kappa shape index (κ1) is 31.9. The molecule has 1 aliphatic rings. The smallest absolute Gasteiger partial charge is 0.270 e. The first-order valence-corrected chi connectivity index (χ1v) is 11.0. The van der Waals surface area contributed by atoms with E-state index in [2.05, 4.69) is 32.9 Å². The van der Waals surface area contributed by atoms with E-state index >= 15 is 0 Å². The second-order valence-electron chi connectivity index (χ2n) is 7.95. The Kier molecular flexibility index (Phi) is 14.4. The molecule has 0 radical (unpaired) electrons. The summed E-state index contributed by atoms with van der Waals surface area (Å²) in [6.07, 6.45) is 1.68. The third-order valence-electron chi connectivity index (χ3n) is 5.45. The summed E-state index contributed by atoms with van der Waals surface area (Å²) in [5, 5.41) is 2.70. The molecule has 1 amide bonds. The zero-order valence-corrected chi connectivity index (χ0v) is 21.2. The normalized spacial score (nSPS) is 13.7. The predicted octanol–water partition coefficient (Wildman–Crippen LogP) is 3.01. The minimum absolute atomic E-state index is 0.0999. The molecule has 1 aliphatic heterocycles. The van der Waals surface area contributed by atoms with E-state index < -0.39 is 11.8 Å². The Labute approximate surface area is 206 Å². The fourth-order valence-electron chi connectivity index (χ4n) is 3.39. The summed E-state index contributed by atoms with van der Waals surface area (Å²) >= 11 is 0. The van der Waals surface area contributed by atoms with Crippen molar-refractivity contribution in [1.82, 2.24) is 14.8 Å². The third kappa shape index (κ3) is 9.97. The molecule has 3 rings (SSSR count). The van der Waals surface area contributed by atoms with E-state index in [-0.39, 0.29) is 11.1 Å². The van der Waals surface area contributed by atoms with Crippen LogP contribution >= 0.6 is 0 Å². The average Bonchev–Trinajstić information content (AvgIpc) is 2.86. The predicted molar refractivity (Wildman–Crippen MR) is 135 cm³/mol. The quantitative estimate of drug-likeness (QED) is 0.659. The van der Waals surface area contributed by atoms with E-state index in [4.69, 9.17) is 9.59 Å². The van der Waals surface area contributed by atoms with Crippen LogP contribution < -0.4 is 11.1 Å². The number of hydrogen-bond acceptors (Lipinski definition) is 7. The maximum atomic E-state index is 14.3. The Balaban J connectivity index is 0.00000179. The van der Waals surface area contributed by atoms with Crippen molar-refractivity contribution in [1.29, 1.82) is 0 Å². The molecule has 0 bridgehead atoms. The van der Waals surface area contributed by atoms with Crippen LogP contribution in [0, 0.1) is 13.8 Å². The van der Waals surface area contributed by atoms with E-state index in [0.29, 0.717) is 17.9 Å². The maximum absolute atomic E-state index is 14.3. The summed E-state index contributed by atoms with van der Waals surface area (Å²) in [7, 11) is 3.56. The minimum atomic E-state index is -3.03. The second kappa shape index (κ2) is 15.8. The van der Waals surface area contributed by atoms with E-state index in [0.717, 1.165) is 44.2 Å². The monoisotopic (exact) mass is 493 g/mol. The number of alkyl halides is 2. The molecule has 1 aromatic carbocycles. The number of rotatable bonds is 5. The van der Waals surface area contributed by atoms with Gasteiger partial charge in [0.05, 0.1) is 0 Å². The van der Waals surface area contributed by atoms with E-state index in [9.17, 15) is 13.6 Å². The van der Waals surface area contributed by atoms with Crippen molar-refractivity contribution in [2.45, 2.75) is 33.2 Å². The van der Waals surface area contributed by atoms with Crippen molar-refractivity contribution in [2.75, 3.05) is 45.6 Å². The summed E-state index contributed by atoms with van der Waals surface area (Å²) in [4.78, 5) is 37.2.